The van der Waals surface area contributed by atoms with Crippen LogP contribution in [0, 0.1) is 5.41 Å². The number of aromatic carboxylic acids is 1. The molecule has 0 bridgehead atoms. The summed E-state index contributed by atoms with van der Waals surface area (Å²) < 4.78 is 1.67. The molecule has 1 aromatic heterocycles. The second kappa shape index (κ2) is 4.76. The highest BCUT2D eigenvalue weighted by Crippen LogP contribution is 2.33. The third-order valence-electron chi connectivity index (χ3n) is 3.50. The lowest BCUT2D eigenvalue weighted by Crippen LogP contribution is -2.37. The van der Waals surface area contributed by atoms with E-state index in [-0.39, 0.29) is 16.7 Å². The minimum Gasteiger partial charge on any atom is -0.478 e. The quantitative estimate of drug-likeness (QED) is 0.911. The maximum Gasteiger partial charge on any atom is 0.335 e. The minimum absolute atomic E-state index is 0.0525. The van der Waals surface area contributed by atoms with Gasteiger partial charge in [0.05, 0.1) is 16.6 Å². The van der Waals surface area contributed by atoms with Crippen molar-refractivity contribution in [3.63, 3.8) is 0 Å². The van der Waals surface area contributed by atoms with E-state index in [9.17, 15) is 9.59 Å². The molecule has 0 radical (unpaired) electrons. The van der Waals surface area contributed by atoms with Crippen LogP contribution in [0.4, 0.5) is 0 Å². The molecule has 0 fully saturated rings. The highest BCUT2D eigenvalue weighted by atomic mass is 16.4. The van der Waals surface area contributed by atoms with Crippen LogP contribution in [0.15, 0.2) is 23.0 Å². The lowest BCUT2D eigenvalue weighted by atomic mass is 9.81. The van der Waals surface area contributed by atoms with Crippen molar-refractivity contribution in [2.75, 3.05) is 0 Å². The molecule has 0 spiro atoms. The van der Waals surface area contributed by atoms with Crippen molar-refractivity contribution in [3.05, 3.63) is 34.2 Å². The van der Waals surface area contributed by atoms with Gasteiger partial charge in [0.1, 0.15) is 0 Å². The first-order valence-corrected chi connectivity index (χ1v) is 7.00. The molecule has 5 heteroatoms. The predicted octanol–water partition coefficient (Wildman–Crippen LogP) is 3.20. The molecule has 0 amide bonds. The molecule has 0 atom stereocenters. The number of carbonyl (C=O) groups is 1. The first kappa shape index (κ1) is 15.4. The van der Waals surface area contributed by atoms with E-state index in [1.54, 1.807) is 16.7 Å². The molecule has 0 aliphatic carbocycles. The van der Waals surface area contributed by atoms with Crippen molar-refractivity contribution in [2.24, 2.45) is 5.41 Å². The summed E-state index contributed by atoms with van der Waals surface area (Å²) in [4.78, 5) is 26.3. The minimum atomic E-state index is -0.995. The number of benzene rings is 1. The lowest BCUT2D eigenvalue weighted by Gasteiger charge is -2.33. The van der Waals surface area contributed by atoms with Crippen LogP contribution in [-0.2, 0) is 5.54 Å². The van der Waals surface area contributed by atoms with Gasteiger partial charge in [-0.25, -0.2) is 9.59 Å². The monoisotopic (exact) mass is 290 g/mol. The Morgan fingerprint density at radius 3 is 2.38 bits per heavy atom. The van der Waals surface area contributed by atoms with Crippen LogP contribution in [0.1, 0.15) is 51.4 Å². The molecular weight excluding hydrogens is 268 g/mol. The number of imidazole rings is 1. The van der Waals surface area contributed by atoms with Crippen molar-refractivity contribution < 1.29 is 9.90 Å². The van der Waals surface area contributed by atoms with Crippen LogP contribution in [0.3, 0.4) is 0 Å². The number of aromatic nitrogens is 2. The fourth-order valence-electron chi connectivity index (χ4n) is 3.21. The van der Waals surface area contributed by atoms with E-state index in [1.807, 2.05) is 13.8 Å². The lowest BCUT2D eigenvalue weighted by molar-refractivity contribution is 0.0697. The molecular formula is C16H22N2O3. The first-order chi connectivity index (χ1) is 9.51. The normalized spacial score (nSPS) is 12.8. The van der Waals surface area contributed by atoms with Crippen molar-refractivity contribution in [1.29, 1.82) is 0 Å². The average Bonchev–Trinajstić information content (AvgIpc) is 2.60. The van der Waals surface area contributed by atoms with E-state index in [4.69, 9.17) is 5.11 Å². The summed E-state index contributed by atoms with van der Waals surface area (Å²) in [6, 6.07) is 4.70. The van der Waals surface area contributed by atoms with Gasteiger partial charge in [-0.15, -0.1) is 0 Å². The molecule has 0 unspecified atom stereocenters. The molecule has 0 saturated heterocycles. The SMILES string of the molecule is CC(C)(C)CC(C)(C)n1c(=O)[nH]c2ccc(C(=O)O)cc21. The maximum absolute atomic E-state index is 12.3. The summed E-state index contributed by atoms with van der Waals surface area (Å²) in [5.41, 5.74) is 0.909. The second-order valence-corrected chi connectivity index (χ2v) is 7.35. The van der Waals surface area contributed by atoms with Crippen LogP contribution in [0.5, 0.6) is 0 Å². The maximum atomic E-state index is 12.3. The number of nitrogens with one attached hydrogen (secondary N) is 1. The van der Waals surface area contributed by atoms with Crippen LogP contribution >= 0.6 is 0 Å². The summed E-state index contributed by atoms with van der Waals surface area (Å²) in [5, 5.41) is 9.13. The van der Waals surface area contributed by atoms with E-state index in [0.717, 1.165) is 6.42 Å². The molecule has 5 nitrogen and oxygen atoms in total. The zero-order valence-corrected chi connectivity index (χ0v) is 13.2. The Morgan fingerprint density at radius 2 is 1.86 bits per heavy atom. The molecule has 0 saturated carbocycles. The van der Waals surface area contributed by atoms with E-state index in [0.29, 0.717) is 11.0 Å². The zero-order chi connectivity index (χ0) is 16.0. The second-order valence-electron chi connectivity index (χ2n) is 7.35. The average molecular weight is 290 g/mol. The summed E-state index contributed by atoms with van der Waals surface area (Å²) in [7, 11) is 0. The predicted molar refractivity (Wildman–Crippen MR) is 82.9 cm³/mol. The Hall–Kier alpha value is -2.04. The molecule has 2 aromatic rings. The van der Waals surface area contributed by atoms with Gasteiger partial charge in [0, 0.05) is 5.54 Å². The highest BCUT2D eigenvalue weighted by molar-refractivity contribution is 5.92. The smallest absolute Gasteiger partial charge is 0.335 e. The number of aromatic amines is 1. The molecule has 21 heavy (non-hydrogen) atoms. The number of H-pyrrole nitrogens is 1. The van der Waals surface area contributed by atoms with E-state index in [1.165, 1.54) is 6.07 Å². The molecule has 1 aromatic carbocycles. The largest absolute Gasteiger partial charge is 0.478 e. The molecule has 0 aliphatic rings. The molecule has 2 rings (SSSR count). The standard InChI is InChI=1S/C16H22N2O3/c1-15(2,3)9-16(4,5)18-12-8-10(13(19)20)6-7-11(12)17-14(18)21/h6-8H,9H2,1-5H3,(H,17,21)(H,19,20). The summed E-state index contributed by atoms with van der Waals surface area (Å²) in [5.74, 6) is -0.995. The number of hydrogen-bond donors (Lipinski definition) is 2. The first-order valence-electron chi connectivity index (χ1n) is 7.00. The van der Waals surface area contributed by atoms with E-state index >= 15 is 0 Å². The van der Waals surface area contributed by atoms with Crippen LogP contribution in [0.25, 0.3) is 11.0 Å². The van der Waals surface area contributed by atoms with Gasteiger partial charge < -0.3 is 10.1 Å². The van der Waals surface area contributed by atoms with Gasteiger partial charge in [0.2, 0.25) is 0 Å². The van der Waals surface area contributed by atoms with Gasteiger partial charge >= 0.3 is 11.7 Å². The Labute approximate surface area is 123 Å². The molecule has 2 N–H and O–H groups in total. The number of carboxylic acid groups (broad SMARTS) is 1. The zero-order valence-electron chi connectivity index (χ0n) is 13.2. The molecule has 114 valence electrons. The number of rotatable bonds is 3. The fraction of sp³-hybridized carbons (Fsp3) is 0.500. The third-order valence-corrected chi connectivity index (χ3v) is 3.50. The Kier molecular flexibility index (Phi) is 3.48. The number of hydrogen-bond acceptors (Lipinski definition) is 2. The van der Waals surface area contributed by atoms with Crippen molar-refractivity contribution in [3.8, 4) is 0 Å². The van der Waals surface area contributed by atoms with Gasteiger partial charge in [-0.2, -0.15) is 0 Å². The van der Waals surface area contributed by atoms with Crippen LogP contribution in [-0.4, -0.2) is 20.6 Å². The number of carboxylic acids is 1. The topological polar surface area (TPSA) is 75.1 Å². The van der Waals surface area contributed by atoms with Gasteiger partial charge in [0.25, 0.3) is 0 Å². The Bertz CT molecular complexity index is 745. The molecule has 1 heterocycles. The fourth-order valence-corrected chi connectivity index (χ4v) is 3.21. The molecule has 0 aliphatic heterocycles. The Balaban J connectivity index is 2.67. The van der Waals surface area contributed by atoms with E-state index in [2.05, 4.69) is 25.8 Å². The van der Waals surface area contributed by atoms with Gasteiger partial charge in [-0.05, 0) is 43.9 Å². The van der Waals surface area contributed by atoms with Gasteiger partial charge in [-0.3, -0.25) is 4.57 Å². The van der Waals surface area contributed by atoms with Crippen LogP contribution < -0.4 is 5.69 Å². The van der Waals surface area contributed by atoms with Crippen molar-refractivity contribution in [2.45, 2.75) is 46.6 Å². The Morgan fingerprint density at radius 1 is 1.24 bits per heavy atom. The van der Waals surface area contributed by atoms with Crippen molar-refractivity contribution in [1.82, 2.24) is 9.55 Å². The van der Waals surface area contributed by atoms with Gasteiger partial charge in [0.15, 0.2) is 0 Å². The number of nitrogens with zero attached hydrogens (tertiary/aromatic N) is 1. The van der Waals surface area contributed by atoms with E-state index < -0.39 is 11.5 Å². The number of fused-ring (bicyclic) bond motifs is 1. The van der Waals surface area contributed by atoms with Crippen LogP contribution in [0.2, 0.25) is 0 Å². The highest BCUT2D eigenvalue weighted by Gasteiger charge is 2.30. The third kappa shape index (κ3) is 3.01. The summed E-state index contributed by atoms with van der Waals surface area (Å²) in [6.07, 6.45) is 0.796. The van der Waals surface area contributed by atoms with Crippen molar-refractivity contribution >= 4 is 17.0 Å². The summed E-state index contributed by atoms with van der Waals surface area (Å²) in [6.45, 7) is 10.4. The summed E-state index contributed by atoms with van der Waals surface area (Å²) >= 11 is 0. The van der Waals surface area contributed by atoms with Gasteiger partial charge in [-0.1, -0.05) is 20.8 Å².